The van der Waals surface area contributed by atoms with Gasteiger partial charge in [0.2, 0.25) is 0 Å². The van der Waals surface area contributed by atoms with Crippen LogP contribution in [-0.4, -0.2) is 35.5 Å². The number of amides is 1. The maximum Gasteiger partial charge on any atom is 0.430 e. The molecular weight excluding hydrogens is 351 g/mol. The molecule has 1 aromatic rings. The lowest BCUT2D eigenvalue weighted by Gasteiger charge is -2.14. The van der Waals surface area contributed by atoms with Crippen LogP contribution < -0.4 is 16.2 Å². The number of alkyl halides is 3. The maximum atomic E-state index is 12.1. The molecule has 142 valence electrons. The summed E-state index contributed by atoms with van der Waals surface area (Å²) in [5.41, 5.74) is 4.93. The molecule has 1 saturated carbocycles. The molecule has 9 heteroatoms. The van der Waals surface area contributed by atoms with Crippen molar-refractivity contribution in [3.63, 3.8) is 0 Å². The molecule has 0 unspecified atom stereocenters. The topological polar surface area (TPSA) is 109 Å². The predicted octanol–water partition coefficient (Wildman–Crippen LogP) is -0.0207. The predicted molar refractivity (Wildman–Crippen MR) is 84.7 cm³/mol. The van der Waals surface area contributed by atoms with E-state index in [4.69, 9.17) is 9.90 Å². The number of benzene rings is 1. The second-order valence-electron chi connectivity index (χ2n) is 6.36. The summed E-state index contributed by atoms with van der Waals surface area (Å²) >= 11 is 0. The molecule has 6 nitrogen and oxygen atoms in total. The maximum absolute atomic E-state index is 12.1. The molecule has 1 atom stereocenters. The average Bonchev–Trinajstić information content (AvgIpc) is 3.17. The number of nitrogens with one attached hydrogen (secondary N) is 1. The van der Waals surface area contributed by atoms with Gasteiger partial charge in [0.1, 0.15) is 17.6 Å². The number of halogens is 3. The second-order valence-corrected chi connectivity index (χ2v) is 6.36. The summed E-state index contributed by atoms with van der Waals surface area (Å²) in [7, 11) is 0. The van der Waals surface area contributed by atoms with Crippen LogP contribution in [0.2, 0.25) is 0 Å². The fourth-order valence-corrected chi connectivity index (χ4v) is 3.03. The van der Waals surface area contributed by atoms with Crippen LogP contribution in [0.25, 0.3) is 0 Å². The van der Waals surface area contributed by atoms with Gasteiger partial charge in [0.25, 0.3) is 5.91 Å². The first-order valence-electron chi connectivity index (χ1n) is 8.20. The zero-order valence-electron chi connectivity index (χ0n) is 14.0. The van der Waals surface area contributed by atoms with Gasteiger partial charge in [-0.2, -0.15) is 13.2 Å². The number of carboxylic acid groups (broad SMARTS) is 1. The summed E-state index contributed by atoms with van der Waals surface area (Å²) in [6, 6.07) is 10.2. The van der Waals surface area contributed by atoms with Gasteiger partial charge in [-0.05, 0) is 18.4 Å². The van der Waals surface area contributed by atoms with E-state index in [1.807, 2.05) is 18.2 Å². The number of hydrogen-bond donors (Lipinski definition) is 2. The highest BCUT2D eigenvalue weighted by Gasteiger charge is 2.46. The zero-order chi connectivity index (χ0) is 19.4. The molecule has 1 amide bonds. The Bertz CT molecular complexity index is 683. The van der Waals surface area contributed by atoms with Crippen LogP contribution in [0, 0.1) is 0 Å². The lowest BCUT2D eigenvalue weighted by Crippen LogP contribution is -2.68. The minimum absolute atomic E-state index is 0.0197. The Labute approximate surface area is 148 Å². The highest BCUT2D eigenvalue weighted by atomic mass is 19.4. The molecule has 1 aromatic carbocycles. The third-order valence-electron chi connectivity index (χ3n) is 4.37. The normalized spacial score (nSPS) is 19.4. The third-order valence-corrected chi connectivity index (χ3v) is 4.37. The first-order valence-corrected chi connectivity index (χ1v) is 8.20. The summed E-state index contributed by atoms with van der Waals surface area (Å²) in [5, 5.41) is 11.7. The molecule has 1 spiro atoms. The van der Waals surface area contributed by atoms with Crippen LogP contribution in [-0.2, 0) is 16.0 Å². The first kappa shape index (κ1) is 19.9. The van der Waals surface area contributed by atoms with Gasteiger partial charge >= 0.3 is 6.18 Å². The number of quaternary nitrogens is 1. The number of rotatable bonds is 3. The van der Waals surface area contributed by atoms with Crippen molar-refractivity contribution in [2.45, 2.75) is 49.9 Å². The van der Waals surface area contributed by atoms with Crippen LogP contribution in [0.1, 0.15) is 31.2 Å². The van der Waals surface area contributed by atoms with Gasteiger partial charge in [0, 0.05) is 6.42 Å². The van der Waals surface area contributed by atoms with Gasteiger partial charge in [-0.15, -0.1) is 0 Å². The fourth-order valence-electron chi connectivity index (χ4n) is 3.03. The molecule has 4 N–H and O–H groups in total. The summed E-state index contributed by atoms with van der Waals surface area (Å²) in [5.74, 6) is -2.15. The minimum Gasteiger partial charge on any atom is -0.542 e. The summed E-state index contributed by atoms with van der Waals surface area (Å²) < 4.78 is 31.5. The van der Waals surface area contributed by atoms with Gasteiger partial charge in [0.15, 0.2) is 5.84 Å². The van der Waals surface area contributed by atoms with Crippen molar-refractivity contribution in [1.82, 2.24) is 5.32 Å². The fraction of sp³-hybridized carbons (Fsp3) is 0.471. The monoisotopic (exact) mass is 371 g/mol. The van der Waals surface area contributed by atoms with Crippen molar-refractivity contribution in [1.29, 1.82) is 0 Å². The Morgan fingerprint density at radius 1 is 1.27 bits per heavy atom. The Kier molecular flexibility index (Phi) is 6.01. The summed E-state index contributed by atoms with van der Waals surface area (Å²) in [6.45, 7) is 0. The largest absolute Gasteiger partial charge is 0.542 e. The van der Waals surface area contributed by atoms with Crippen molar-refractivity contribution in [2.24, 2.45) is 4.99 Å². The van der Waals surface area contributed by atoms with Crippen molar-refractivity contribution in [3.8, 4) is 0 Å². The molecule has 1 heterocycles. The van der Waals surface area contributed by atoms with E-state index in [1.54, 1.807) is 0 Å². The second kappa shape index (κ2) is 7.86. The van der Waals surface area contributed by atoms with Crippen molar-refractivity contribution in [3.05, 3.63) is 35.9 Å². The molecule has 0 saturated heterocycles. The van der Waals surface area contributed by atoms with Crippen molar-refractivity contribution < 1.29 is 33.6 Å². The van der Waals surface area contributed by atoms with Crippen LogP contribution in [0.4, 0.5) is 13.2 Å². The molecule has 0 radical (unpaired) electrons. The molecule has 1 fully saturated rings. The number of nitrogens with zero attached hydrogens (tertiary/aromatic N) is 1. The quantitative estimate of drug-likeness (QED) is 0.779. The third kappa shape index (κ3) is 4.81. The first-order chi connectivity index (χ1) is 12.1. The lowest BCUT2D eigenvalue weighted by atomic mass is 9.99. The van der Waals surface area contributed by atoms with E-state index >= 15 is 0 Å². The molecule has 2 aliphatic rings. The molecular formula is C17H20F3N3O3. The summed E-state index contributed by atoms with van der Waals surface area (Å²) in [6.07, 6.45) is -0.397. The van der Waals surface area contributed by atoms with E-state index in [0.29, 0.717) is 0 Å². The highest BCUT2D eigenvalue weighted by molar-refractivity contribution is 6.09. The standard InChI is InChI=1S/C15H19N3O.C2HF3O2/c16-12(10-11-6-2-1-3-7-11)13-17-14(19)15(18-13)8-4-5-9-15;3-2(4,5)1(6)7/h1-3,6-7,12H,4-5,8-10,16H2,(H,17,18,19);(H,6,7)/t12-;/m0./s1. The van der Waals surface area contributed by atoms with Gasteiger partial charge in [-0.25, -0.2) is 4.99 Å². The van der Waals surface area contributed by atoms with Crippen LogP contribution in [0.3, 0.4) is 0 Å². The Hall–Kier alpha value is -2.42. The molecule has 1 aliphatic carbocycles. The smallest absolute Gasteiger partial charge is 0.430 e. The number of aliphatic carboxylic acids is 1. The van der Waals surface area contributed by atoms with E-state index in [2.05, 4.69) is 28.2 Å². The SMILES string of the molecule is O=C([O-])C(F)(F)F.[NH3+][C@@H](Cc1ccccc1)C1=NC2(CCCC2)C(=O)N1. The number of hydrogen-bond acceptors (Lipinski definition) is 4. The molecule has 1 aliphatic heterocycles. The Morgan fingerprint density at radius 2 is 1.81 bits per heavy atom. The van der Waals surface area contributed by atoms with E-state index in [9.17, 15) is 18.0 Å². The average molecular weight is 371 g/mol. The van der Waals surface area contributed by atoms with Gasteiger partial charge in [-0.1, -0.05) is 43.2 Å². The number of carbonyl (C=O) groups is 2. The number of amidine groups is 1. The van der Waals surface area contributed by atoms with Gasteiger partial charge in [0.05, 0.1) is 0 Å². The Balaban J connectivity index is 0.000000298. The van der Waals surface area contributed by atoms with E-state index < -0.39 is 17.7 Å². The molecule has 0 bridgehead atoms. The number of carboxylic acids is 1. The van der Waals surface area contributed by atoms with E-state index in [-0.39, 0.29) is 11.9 Å². The molecule has 3 rings (SSSR count). The van der Waals surface area contributed by atoms with Gasteiger partial charge < -0.3 is 21.0 Å². The van der Waals surface area contributed by atoms with Crippen molar-refractivity contribution >= 4 is 17.7 Å². The van der Waals surface area contributed by atoms with E-state index in [1.165, 1.54) is 5.56 Å². The van der Waals surface area contributed by atoms with Crippen molar-refractivity contribution in [2.75, 3.05) is 0 Å². The lowest BCUT2D eigenvalue weighted by molar-refractivity contribution is -0.395. The minimum atomic E-state index is -5.19. The molecule has 0 aromatic heterocycles. The summed E-state index contributed by atoms with van der Waals surface area (Å²) in [4.78, 5) is 25.6. The van der Waals surface area contributed by atoms with Crippen LogP contribution in [0.15, 0.2) is 35.3 Å². The zero-order valence-corrected chi connectivity index (χ0v) is 14.0. The highest BCUT2D eigenvalue weighted by Crippen LogP contribution is 2.36. The van der Waals surface area contributed by atoms with E-state index in [0.717, 1.165) is 37.9 Å². The molecule has 26 heavy (non-hydrogen) atoms. The Morgan fingerprint density at radius 3 is 2.31 bits per heavy atom. The van der Waals surface area contributed by atoms with Crippen LogP contribution >= 0.6 is 0 Å². The number of aliphatic imine (C=N–C) groups is 1. The van der Waals surface area contributed by atoms with Gasteiger partial charge in [-0.3, -0.25) is 4.79 Å². The van der Waals surface area contributed by atoms with Crippen LogP contribution in [0.5, 0.6) is 0 Å². The number of carbonyl (C=O) groups excluding carboxylic acids is 2.